The van der Waals surface area contributed by atoms with Crippen LogP contribution in [0.15, 0.2) is 72.2 Å². The highest BCUT2D eigenvalue weighted by Gasteiger charge is 2.44. The molecule has 0 atom stereocenters. The van der Waals surface area contributed by atoms with Gasteiger partial charge in [-0.25, -0.2) is 4.79 Å². The van der Waals surface area contributed by atoms with Gasteiger partial charge < -0.3 is 9.64 Å². The highest BCUT2D eigenvalue weighted by molar-refractivity contribution is 5.90. The van der Waals surface area contributed by atoms with E-state index in [2.05, 4.69) is 4.74 Å². The molecule has 0 aliphatic carbocycles. The molecular weight excluding hydrogens is 350 g/mol. The molecule has 3 nitrogen and oxygen atoms in total. The third kappa shape index (κ3) is 5.08. The lowest BCUT2D eigenvalue weighted by Gasteiger charge is -2.25. The molecule has 0 heterocycles. The Bertz CT molecular complexity index is 717. The van der Waals surface area contributed by atoms with Gasteiger partial charge in [0.1, 0.15) is 0 Å². The molecule has 0 aliphatic rings. The molecule has 0 aromatic heterocycles. The molecule has 0 saturated heterocycles. The Morgan fingerprint density at radius 1 is 0.923 bits per heavy atom. The molecule has 2 aromatic carbocycles. The SMILES string of the molecule is COC(=O)C(=C(F)N(Cc1ccccc1)Cc1ccccc1)C(F)(F)F. The molecule has 2 aromatic rings. The third-order valence-corrected chi connectivity index (χ3v) is 3.59. The second-order valence-electron chi connectivity index (χ2n) is 5.48. The first-order chi connectivity index (χ1) is 12.3. The number of rotatable bonds is 6. The van der Waals surface area contributed by atoms with E-state index in [0.29, 0.717) is 11.1 Å². The molecule has 0 saturated carbocycles. The normalized spacial score (nSPS) is 12.3. The second-order valence-corrected chi connectivity index (χ2v) is 5.48. The molecule has 0 unspecified atom stereocenters. The Hall–Kier alpha value is -2.83. The zero-order valence-electron chi connectivity index (χ0n) is 14.0. The molecule has 0 amide bonds. The predicted octanol–water partition coefficient (Wildman–Crippen LogP) is 4.61. The monoisotopic (exact) mass is 367 g/mol. The summed E-state index contributed by atoms with van der Waals surface area (Å²) in [6, 6.07) is 16.9. The fourth-order valence-corrected chi connectivity index (χ4v) is 2.38. The molecular formula is C19H17F4NO2. The topological polar surface area (TPSA) is 29.5 Å². The quantitative estimate of drug-likeness (QED) is 0.323. The molecule has 0 bridgehead atoms. The minimum absolute atomic E-state index is 0.141. The first-order valence-electron chi connectivity index (χ1n) is 7.71. The Balaban J connectivity index is 2.46. The first kappa shape index (κ1) is 19.5. The predicted molar refractivity (Wildman–Crippen MR) is 88.3 cm³/mol. The summed E-state index contributed by atoms with van der Waals surface area (Å²) < 4.78 is 58.6. The lowest BCUT2D eigenvalue weighted by Crippen LogP contribution is -2.29. The zero-order valence-corrected chi connectivity index (χ0v) is 14.0. The molecule has 0 aliphatic heterocycles. The average Bonchev–Trinajstić information content (AvgIpc) is 2.61. The van der Waals surface area contributed by atoms with Crippen LogP contribution in [-0.2, 0) is 22.6 Å². The van der Waals surface area contributed by atoms with E-state index < -0.39 is 23.7 Å². The number of halogens is 4. The maximum Gasteiger partial charge on any atom is 0.427 e. The molecule has 0 spiro atoms. The highest BCUT2D eigenvalue weighted by atomic mass is 19.4. The number of nitrogens with zero attached hydrogens (tertiary/aromatic N) is 1. The van der Waals surface area contributed by atoms with Gasteiger partial charge >= 0.3 is 12.1 Å². The molecule has 0 N–H and O–H groups in total. The summed E-state index contributed by atoms with van der Waals surface area (Å²) in [6.45, 7) is -0.281. The molecule has 2 rings (SSSR count). The number of ether oxygens (including phenoxy) is 1. The zero-order chi connectivity index (χ0) is 19.2. The van der Waals surface area contributed by atoms with E-state index in [0.717, 1.165) is 12.0 Å². The molecule has 0 radical (unpaired) electrons. The number of hydrogen-bond acceptors (Lipinski definition) is 3. The van der Waals surface area contributed by atoms with Crippen LogP contribution in [0.1, 0.15) is 11.1 Å². The van der Waals surface area contributed by atoms with Gasteiger partial charge in [-0.05, 0) is 11.1 Å². The van der Waals surface area contributed by atoms with Gasteiger partial charge in [0.25, 0.3) is 0 Å². The van der Waals surface area contributed by atoms with E-state index in [1.165, 1.54) is 0 Å². The Morgan fingerprint density at radius 2 is 1.35 bits per heavy atom. The van der Waals surface area contributed by atoms with Gasteiger partial charge in [-0.1, -0.05) is 60.7 Å². The Morgan fingerprint density at radius 3 is 1.69 bits per heavy atom. The van der Waals surface area contributed by atoms with Gasteiger partial charge in [0.2, 0.25) is 5.95 Å². The van der Waals surface area contributed by atoms with Crippen LogP contribution in [0.2, 0.25) is 0 Å². The van der Waals surface area contributed by atoms with Crippen molar-refractivity contribution in [2.45, 2.75) is 19.3 Å². The Labute approximate surface area is 148 Å². The van der Waals surface area contributed by atoms with Gasteiger partial charge in [-0.2, -0.15) is 17.6 Å². The third-order valence-electron chi connectivity index (χ3n) is 3.59. The summed E-state index contributed by atoms with van der Waals surface area (Å²) in [7, 11) is 0.778. The summed E-state index contributed by atoms with van der Waals surface area (Å²) in [5.74, 6) is -3.43. The summed E-state index contributed by atoms with van der Waals surface area (Å²) in [4.78, 5) is 12.4. The van der Waals surface area contributed by atoms with Gasteiger partial charge in [0.05, 0.1) is 7.11 Å². The highest BCUT2D eigenvalue weighted by Crippen LogP contribution is 2.32. The van der Waals surface area contributed by atoms with Crippen LogP contribution < -0.4 is 0 Å². The van der Waals surface area contributed by atoms with Gasteiger partial charge in [-0.15, -0.1) is 0 Å². The van der Waals surface area contributed by atoms with Crippen molar-refractivity contribution in [3.63, 3.8) is 0 Å². The average molecular weight is 367 g/mol. The van der Waals surface area contributed by atoms with E-state index in [-0.39, 0.29) is 13.1 Å². The van der Waals surface area contributed by atoms with Crippen molar-refractivity contribution in [3.8, 4) is 0 Å². The minimum atomic E-state index is -5.18. The minimum Gasteiger partial charge on any atom is -0.465 e. The van der Waals surface area contributed by atoms with E-state index in [9.17, 15) is 22.4 Å². The van der Waals surface area contributed by atoms with Gasteiger partial charge in [0.15, 0.2) is 5.57 Å². The number of esters is 1. The van der Waals surface area contributed by atoms with Gasteiger partial charge in [0, 0.05) is 13.1 Å². The molecule has 7 heteroatoms. The van der Waals surface area contributed by atoms with Crippen LogP contribution in [0.25, 0.3) is 0 Å². The standard InChI is InChI=1S/C19H17F4NO2/c1-26-18(25)16(19(21,22)23)17(20)24(12-14-8-4-2-5-9-14)13-15-10-6-3-7-11-15/h2-11H,12-13H2,1H3. The molecule has 138 valence electrons. The van der Waals surface area contributed by atoms with Crippen LogP contribution >= 0.6 is 0 Å². The number of benzene rings is 2. The van der Waals surface area contributed by atoms with E-state index in [4.69, 9.17) is 0 Å². The van der Waals surface area contributed by atoms with Crippen molar-refractivity contribution in [2.75, 3.05) is 7.11 Å². The molecule has 0 fully saturated rings. The molecule has 26 heavy (non-hydrogen) atoms. The lowest BCUT2D eigenvalue weighted by molar-refractivity contribution is -0.149. The van der Waals surface area contributed by atoms with Crippen LogP contribution in [0.3, 0.4) is 0 Å². The number of carbonyl (C=O) groups is 1. The smallest absolute Gasteiger partial charge is 0.427 e. The first-order valence-corrected chi connectivity index (χ1v) is 7.71. The van der Waals surface area contributed by atoms with E-state index in [1.54, 1.807) is 60.7 Å². The van der Waals surface area contributed by atoms with E-state index in [1.807, 2.05) is 0 Å². The van der Waals surface area contributed by atoms with Crippen molar-refractivity contribution >= 4 is 5.97 Å². The van der Waals surface area contributed by atoms with Crippen molar-refractivity contribution in [1.29, 1.82) is 0 Å². The Kier molecular flexibility index (Phi) is 6.38. The summed E-state index contributed by atoms with van der Waals surface area (Å²) in [5.41, 5.74) is -0.748. The van der Waals surface area contributed by atoms with Crippen molar-refractivity contribution in [2.24, 2.45) is 0 Å². The second kappa shape index (κ2) is 8.51. The number of carbonyl (C=O) groups excluding carboxylic acids is 1. The summed E-state index contributed by atoms with van der Waals surface area (Å²) in [5, 5.41) is 0. The number of hydrogen-bond donors (Lipinski definition) is 0. The van der Waals surface area contributed by atoms with Gasteiger partial charge in [-0.3, -0.25) is 0 Å². The van der Waals surface area contributed by atoms with Crippen molar-refractivity contribution in [1.82, 2.24) is 4.90 Å². The number of methoxy groups -OCH3 is 1. The van der Waals surface area contributed by atoms with Crippen LogP contribution in [-0.4, -0.2) is 24.2 Å². The maximum atomic E-state index is 14.8. The van der Waals surface area contributed by atoms with Crippen LogP contribution in [0.4, 0.5) is 17.6 Å². The summed E-state index contributed by atoms with van der Waals surface area (Å²) >= 11 is 0. The number of alkyl halides is 3. The largest absolute Gasteiger partial charge is 0.465 e. The summed E-state index contributed by atoms with van der Waals surface area (Å²) in [6.07, 6.45) is -5.18. The fraction of sp³-hybridized carbons (Fsp3) is 0.211. The maximum absolute atomic E-state index is 14.8. The lowest BCUT2D eigenvalue weighted by atomic mass is 10.1. The van der Waals surface area contributed by atoms with Crippen molar-refractivity contribution in [3.05, 3.63) is 83.3 Å². The van der Waals surface area contributed by atoms with Crippen LogP contribution in [0, 0.1) is 0 Å². The van der Waals surface area contributed by atoms with Crippen LogP contribution in [0.5, 0.6) is 0 Å². The van der Waals surface area contributed by atoms with E-state index >= 15 is 0 Å². The fourth-order valence-electron chi connectivity index (χ4n) is 2.38. The van der Waals surface area contributed by atoms with Crippen molar-refractivity contribution < 1.29 is 27.1 Å².